The third-order valence-corrected chi connectivity index (χ3v) is 7.21. The van der Waals surface area contributed by atoms with Gasteiger partial charge in [-0.25, -0.2) is 0 Å². The lowest BCUT2D eigenvalue weighted by molar-refractivity contribution is 0.217. The Labute approximate surface area is 148 Å². The first-order chi connectivity index (χ1) is 10.6. The molecule has 0 nitrogen and oxygen atoms in total. The van der Waals surface area contributed by atoms with E-state index in [2.05, 4.69) is 79.0 Å². The Kier molecular flexibility index (Phi) is 3.75. The van der Waals surface area contributed by atoms with E-state index in [0.29, 0.717) is 11.3 Å². The van der Waals surface area contributed by atoms with E-state index in [1.165, 1.54) is 29.3 Å². The first-order valence-electron chi connectivity index (χ1n) is 8.69. The van der Waals surface area contributed by atoms with Crippen molar-refractivity contribution in [2.75, 3.05) is 0 Å². The van der Waals surface area contributed by atoms with Crippen molar-refractivity contribution < 1.29 is 0 Å². The fraction of sp³-hybridized carbons (Fsp3) is 0.524. The molecule has 0 bridgehead atoms. The number of rotatable bonds is 1. The molecule has 0 heterocycles. The van der Waals surface area contributed by atoms with Crippen molar-refractivity contribution in [3.8, 4) is 0 Å². The highest BCUT2D eigenvalue weighted by molar-refractivity contribution is 14.1. The lowest BCUT2D eigenvalue weighted by Crippen LogP contribution is -2.28. The van der Waals surface area contributed by atoms with E-state index in [-0.39, 0.29) is 0 Å². The molecule has 22 heavy (non-hydrogen) atoms. The average Bonchev–Trinajstić information content (AvgIpc) is 2.76. The molecule has 116 valence electrons. The number of halogens is 1. The van der Waals surface area contributed by atoms with Gasteiger partial charge in [0.1, 0.15) is 0 Å². The first kappa shape index (κ1) is 15.0. The molecule has 1 fully saturated rings. The monoisotopic (exact) mass is 404 g/mol. The largest absolute Gasteiger partial charge is 0.0842 e. The Morgan fingerprint density at radius 1 is 1.23 bits per heavy atom. The zero-order valence-electron chi connectivity index (χ0n) is 13.6. The topological polar surface area (TPSA) is 0 Å². The average molecular weight is 404 g/mol. The van der Waals surface area contributed by atoms with Crippen molar-refractivity contribution in [3.05, 3.63) is 57.3 Å². The SMILES string of the molecule is CC1(C)C2=CC(I)=CC[C@@H]2C2C=CC(C3=CC=CCC3)CC21. The molecular weight excluding hydrogens is 379 g/mol. The third-order valence-electron chi connectivity index (χ3n) is 6.46. The molecule has 1 heteroatoms. The zero-order chi connectivity index (χ0) is 15.3. The summed E-state index contributed by atoms with van der Waals surface area (Å²) in [6.45, 7) is 4.99. The van der Waals surface area contributed by atoms with Gasteiger partial charge in [0, 0.05) is 3.58 Å². The summed E-state index contributed by atoms with van der Waals surface area (Å²) in [5, 5.41) is 0. The van der Waals surface area contributed by atoms with Crippen LogP contribution in [0.1, 0.15) is 39.5 Å². The lowest BCUT2D eigenvalue weighted by atomic mass is 9.68. The molecule has 0 aromatic heterocycles. The molecule has 0 amide bonds. The molecule has 0 N–H and O–H groups in total. The Morgan fingerprint density at radius 3 is 2.86 bits per heavy atom. The maximum absolute atomic E-state index is 2.58. The van der Waals surface area contributed by atoms with E-state index in [1.54, 1.807) is 11.1 Å². The van der Waals surface area contributed by atoms with Gasteiger partial charge in [0.25, 0.3) is 0 Å². The van der Waals surface area contributed by atoms with Crippen molar-refractivity contribution in [1.29, 1.82) is 0 Å². The standard InChI is InChI=1S/C21H25I/c1-21(2)19-12-15(14-6-4-3-5-7-14)8-10-17(19)18-11-9-16(22)13-20(18)21/h3-4,6,8-10,13,15,17-19H,5,7,11-12H2,1-2H3/t15?,17?,18-,19?/m1/s1. The normalized spacial score (nSPS) is 38.8. The molecule has 3 unspecified atom stereocenters. The maximum Gasteiger partial charge on any atom is 0.00900 e. The van der Waals surface area contributed by atoms with Crippen LogP contribution in [0.2, 0.25) is 0 Å². The first-order valence-corrected chi connectivity index (χ1v) is 9.77. The van der Waals surface area contributed by atoms with Crippen molar-refractivity contribution >= 4 is 22.6 Å². The van der Waals surface area contributed by atoms with E-state index in [0.717, 1.165) is 17.8 Å². The minimum Gasteiger partial charge on any atom is -0.0842 e. The highest BCUT2D eigenvalue weighted by Crippen LogP contribution is 2.61. The summed E-state index contributed by atoms with van der Waals surface area (Å²) in [6, 6.07) is 0. The van der Waals surface area contributed by atoms with Gasteiger partial charge in [-0.15, -0.1) is 0 Å². The van der Waals surface area contributed by atoms with Gasteiger partial charge >= 0.3 is 0 Å². The van der Waals surface area contributed by atoms with Crippen molar-refractivity contribution in [3.63, 3.8) is 0 Å². The summed E-state index contributed by atoms with van der Waals surface area (Å²) in [4.78, 5) is 0. The second-order valence-electron chi connectivity index (χ2n) is 7.87. The van der Waals surface area contributed by atoms with Gasteiger partial charge in [-0.2, -0.15) is 0 Å². The Morgan fingerprint density at radius 2 is 2.09 bits per heavy atom. The van der Waals surface area contributed by atoms with Gasteiger partial charge in [-0.3, -0.25) is 0 Å². The second-order valence-corrected chi connectivity index (χ2v) is 9.12. The molecule has 0 saturated heterocycles. The van der Waals surface area contributed by atoms with Crippen LogP contribution in [0.15, 0.2) is 57.3 Å². The van der Waals surface area contributed by atoms with E-state index >= 15 is 0 Å². The van der Waals surface area contributed by atoms with E-state index in [4.69, 9.17) is 0 Å². The zero-order valence-corrected chi connectivity index (χ0v) is 15.7. The van der Waals surface area contributed by atoms with E-state index in [9.17, 15) is 0 Å². The van der Waals surface area contributed by atoms with Gasteiger partial charge in [-0.05, 0) is 83.4 Å². The highest BCUT2D eigenvalue weighted by atomic mass is 127. The minimum absolute atomic E-state index is 0.355. The fourth-order valence-electron chi connectivity index (χ4n) is 5.22. The second kappa shape index (κ2) is 5.51. The van der Waals surface area contributed by atoms with Crippen LogP contribution in [0, 0.1) is 29.1 Å². The Balaban J connectivity index is 1.66. The Bertz CT molecular complexity index is 626. The molecule has 0 aliphatic heterocycles. The van der Waals surface area contributed by atoms with Crippen LogP contribution in [0.3, 0.4) is 0 Å². The van der Waals surface area contributed by atoms with Crippen LogP contribution in [0.25, 0.3) is 0 Å². The number of allylic oxidation sites excluding steroid dienone is 10. The number of hydrogen-bond donors (Lipinski definition) is 0. The quantitative estimate of drug-likeness (QED) is 0.352. The van der Waals surface area contributed by atoms with Gasteiger partial charge in [-0.1, -0.05) is 61.4 Å². The van der Waals surface area contributed by atoms with Crippen LogP contribution < -0.4 is 0 Å². The van der Waals surface area contributed by atoms with Gasteiger partial charge in [0.05, 0.1) is 0 Å². The summed E-state index contributed by atoms with van der Waals surface area (Å²) in [7, 11) is 0. The molecule has 0 radical (unpaired) electrons. The molecular formula is C21H25I. The van der Waals surface area contributed by atoms with E-state index < -0.39 is 0 Å². The Hall–Kier alpha value is -0.570. The molecule has 4 rings (SSSR count). The van der Waals surface area contributed by atoms with Gasteiger partial charge in [0.2, 0.25) is 0 Å². The van der Waals surface area contributed by atoms with Crippen molar-refractivity contribution in [2.45, 2.75) is 39.5 Å². The predicted molar refractivity (Wildman–Crippen MR) is 103 cm³/mol. The van der Waals surface area contributed by atoms with Crippen LogP contribution >= 0.6 is 22.6 Å². The fourth-order valence-corrected chi connectivity index (χ4v) is 5.81. The number of hydrogen-bond acceptors (Lipinski definition) is 0. The summed E-state index contributed by atoms with van der Waals surface area (Å²) in [5.41, 5.74) is 3.73. The summed E-state index contributed by atoms with van der Waals surface area (Å²) in [5.74, 6) is 3.01. The lowest BCUT2D eigenvalue weighted by Gasteiger charge is -2.36. The van der Waals surface area contributed by atoms with Crippen molar-refractivity contribution in [2.24, 2.45) is 29.1 Å². The summed E-state index contributed by atoms with van der Waals surface area (Å²) < 4.78 is 1.44. The van der Waals surface area contributed by atoms with Crippen molar-refractivity contribution in [1.82, 2.24) is 0 Å². The molecule has 0 spiro atoms. The predicted octanol–water partition coefficient (Wildman–Crippen LogP) is 6.38. The smallest absolute Gasteiger partial charge is 0.00900 e. The minimum atomic E-state index is 0.355. The molecule has 4 aliphatic rings. The molecule has 4 aliphatic carbocycles. The highest BCUT2D eigenvalue weighted by Gasteiger charge is 2.52. The van der Waals surface area contributed by atoms with Crippen LogP contribution in [0.4, 0.5) is 0 Å². The van der Waals surface area contributed by atoms with Gasteiger partial charge < -0.3 is 0 Å². The van der Waals surface area contributed by atoms with Crippen LogP contribution in [-0.4, -0.2) is 0 Å². The van der Waals surface area contributed by atoms with Gasteiger partial charge in [0.15, 0.2) is 0 Å². The summed E-state index contributed by atoms with van der Waals surface area (Å²) >= 11 is 2.49. The maximum atomic E-state index is 2.58. The molecule has 4 atom stereocenters. The number of fused-ring (bicyclic) bond motifs is 3. The molecule has 0 aromatic rings. The van der Waals surface area contributed by atoms with E-state index in [1.807, 2.05) is 0 Å². The summed E-state index contributed by atoms with van der Waals surface area (Å²) in [6.07, 6.45) is 22.0. The third kappa shape index (κ3) is 2.31. The van der Waals surface area contributed by atoms with Crippen LogP contribution in [0.5, 0.6) is 0 Å². The van der Waals surface area contributed by atoms with Crippen LogP contribution in [-0.2, 0) is 0 Å². The molecule has 0 aromatic carbocycles. The molecule has 1 saturated carbocycles.